The molecular weight excluding hydrogens is 464 g/mol. The molecule has 0 unspecified atom stereocenters. The smallest absolute Gasteiger partial charge is 0.410 e. The molecule has 8 nitrogen and oxygen atoms in total. The second-order valence-corrected chi connectivity index (χ2v) is 10.8. The van der Waals surface area contributed by atoms with Crippen LogP contribution >= 0.6 is 0 Å². The highest BCUT2D eigenvalue weighted by atomic mass is 16.6. The summed E-state index contributed by atoms with van der Waals surface area (Å²) >= 11 is 0. The number of imidazole rings is 2. The molecule has 0 aliphatic carbocycles. The van der Waals surface area contributed by atoms with Crippen molar-refractivity contribution in [3.05, 3.63) is 70.8 Å². The highest BCUT2D eigenvalue weighted by Crippen LogP contribution is 2.31. The average molecular weight is 501 g/mol. The SMILES string of the molecule is CC(C)(C)OC(=O)N1CCC[C@H]1c1ncc(/C=C/c2ccc(/C=C/c3cnc([C@@H]4CCCN4)[nH]3)cc2)[nH]1. The number of carbonyl (C=O) groups excluding carboxylic acids is 1. The lowest BCUT2D eigenvalue weighted by Gasteiger charge is -2.27. The standard InChI is InChI=1S/C29H36N6O2/c1-29(2,3)37-28(36)35-17-5-7-25(35)27-32-19-23(34-27)15-13-21-10-8-20(9-11-21)12-14-22-18-31-26(33-22)24-6-4-16-30-24/h8-15,18-19,24-25,30H,4-7,16-17H2,1-3H3,(H,31,33)(H,32,34)/b14-12+,15-13+/t24-,25-/m0/s1. The summed E-state index contributed by atoms with van der Waals surface area (Å²) < 4.78 is 5.58. The number of hydrogen-bond donors (Lipinski definition) is 3. The largest absolute Gasteiger partial charge is 0.444 e. The molecule has 0 radical (unpaired) electrons. The quantitative estimate of drug-likeness (QED) is 0.387. The van der Waals surface area contributed by atoms with Crippen LogP contribution < -0.4 is 5.32 Å². The molecule has 0 bridgehead atoms. The van der Waals surface area contributed by atoms with E-state index in [1.54, 1.807) is 4.90 Å². The number of nitrogens with one attached hydrogen (secondary N) is 3. The Hall–Kier alpha value is -3.65. The minimum atomic E-state index is -0.512. The van der Waals surface area contributed by atoms with Crippen molar-refractivity contribution in [3.8, 4) is 0 Å². The lowest BCUT2D eigenvalue weighted by Crippen LogP contribution is -2.36. The zero-order valence-electron chi connectivity index (χ0n) is 21.8. The van der Waals surface area contributed by atoms with E-state index in [-0.39, 0.29) is 12.1 Å². The third-order valence-electron chi connectivity index (χ3n) is 6.66. The van der Waals surface area contributed by atoms with Gasteiger partial charge in [-0.15, -0.1) is 0 Å². The van der Waals surface area contributed by atoms with Gasteiger partial charge < -0.3 is 20.0 Å². The van der Waals surface area contributed by atoms with Gasteiger partial charge in [-0.1, -0.05) is 36.4 Å². The van der Waals surface area contributed by atoms with E-state index in [1.807, 2.05) is 39.2 Å². The fraction of sp³-hybridized carbons (Fsp3) is 0.414. The lowest BCUT2D eigenvalue weighted by molar-refractivity contribution is 0.0218. The Morgan fingerprint density at radius 1 is 0.919 bits per heavy atom. The molecule has 37 heavy (non-hydrogen) atoms. The van der Waals surface area contributed by atoms with Crippen LogP contribution in [-0.2, 0) is 4.74 Å². The van der Waals surface area contributed by atoms with Gasteiger partial charge >= 0.3 is 6.09 Å². The van der Waals surface area contributed by atoms with Gasteiger partial charge in [0, 0.05) is 6.54 Å². The van der Waals surface area contributed by atoms with Gasteiger partial charge in [0.2, 0.25) is 0 Å². The lowest BCUT2D eigenvalue weighted by atomic mass is 10.1. The van der Waals surface area contributed by atoms with E-state index in [0.717, 1.165) is 60.0 Å². The van der Waals surface area contributed by atoms with Gasteiger partial charge in [-0.25, -0.2) is 14.8 Å². The van der Waals surface area contributed by atoms with Crippen molar-refractivity contribution in [3.63, 3.8) is 0 Å². The summed E-state index contributed by atoms with van der Waals surface area (Å²) in [6.07, 6.45) is 15.8. The van der Waals surface area contributed by atoms with E-state index < -0.39 is 5.60 Å². The number of aromatic amines is 2. The summed E-state index contributed by atoms with van der Waals surface area (Å²) in [4.78, 5) is 30.2. The van der Waals surface area contributed by atoms with Crippen molar-refractivity contribution in [1.29, 1.82) is 0 Å². The predicted molar refractivity (Wildman–Crippen MR) is 146 cm³/mol. The topological polar surface area (TPSA) is 98.9 Å². The number of aromatic nitrogens is 4. The first-order chi connectivity index (χ1) is 17.8. The van der Waals surface area contributed by atoms with Crippen molar-refractivity contribution in [2.24, 2.45) is 0 Å². The number of ether oxygens (including phenoxy) is 1. The van der Waals surface area contributed by atoms with Crippen molar-refractivity contribution < 1.29 is 9.53 Å². The summed E-state index contributed by atoms with van der Waals surface area (Å²) in [5.41, 5.74) is 3.62. The fourth-order valence-electron chi connectivity index (χ4n) is 4.82. The fourth-order valence-corrected chi connectivity index (χ4v) is 4.82. The number of hydrogen-bond acceptors (Lipinski definition) is 5. The maximum Gasteiger partial charge on any atom is 0.410 e. The molecule has 2 aliphatic heterocycles. The van der Waals surface area contributed by atoms with Crippen LogP contribution in [0.3, 0.4) is 0 Å². The highest BCUT2D eigenvalue weighted by Gasteiger charge is 2.34. The van der Waals surface area contributed by atoms with Gasteiger partial charge in [0.1, 0.15) is 17.2 Å². The Balaban J connectivity index is 1.18. The summed E-state index contributed by atoms with van der Waals surface area (Å²) in [6, 6.07) is 8.65. The first-order valence-electron chi connectivity index (χ1n) is 13.1. The van der Waals surface area contributed by atoms with Gasteiger partial charge in [0.25, 0.3) is 0 Å². The molecule has 0 saturated carbocycles. The molecule has 2 aliphatic rings. The van der Waals surface area contributed by atoms with Gasteiger partial charge in [-0.2, -0.15) is 0 Å². The molecule has 4 heterocycles. The van der Waals surface area contributed by atoms with E-state index in [0.29, 0.717) is 12.6 Å². The van der Waals surface area contributed by atoms with Crippen molar-refractivity contribution in [2.75, 3.05) is 13.1 Å². The van der Waals surface area contributed by atoms with Crippen molar-refractivity contribution in [2.45, 2.75) is 64.1 Å². The molecule has 2 atom stereocenters. The molecule has 0 spiro atoms. The maximum absolute atomic E-state index is 12.6. The zero-order chi connectivity index (χ0) is 25.8. The predicted octanol–water partition coefficient (Wildman–Crippen LogP) is 5.97. The van der Waals surface area contributed by atoms with Crippen molar-refractivity contribution in [1.82, 2.24) is 30.2 Å². The molecule has 194 valence electrons. The maximum atomic E-state index is 12.6. The Morgan fingerprint density at radius 2 is 1.54 bits per heavy atom. The number of nitrogens with zero attached hydrogens (tertiary/aromatic N) is 3. The molecule has 5 rings (SSSR count). The average Bonchev–Trinajstić information content (AvgIpc) is 3.67. The van der Waals surface area contributed by atoms with Crippen LogP contribution in [0.1, 0.15) is 92.7 Å². The van der Waals surface area contributed by atoms with Gasteiger partial charge in [0.05, 0.1) is 35.9 Å². The second-order valence-electron chi connectivity index (χ2n) is 10.8. The Bertz CT molecular complexity index is 1260. The molecule has 1 aromatic carbocycles. The third kappa shape index (κ3) is 6.38. The molecule has 2 fully saturated rings. The molecule has 2 saturated heterocycles. The number of rotatable bonds is 6. The van der Waals surface area contributed by atoms with E-state index in [4.69, 9.17) is 4.74 Å². The third-order valence-corrected chi connectivity index (χ3v) is 6.66. The number of H-pyrrole nitrogens is 2. The van der Waals surface area contributed by atoms with Crippen LogP contribution in [0.5, 0.6) is 0 Å². The monoisotopic (exact) mass is 500 g/mol. The number of benzene rings is 1. The van der Waals surface area contributed by atoms with Gasteiger partial charge in [0.15, 0.2) is 0 Å². The van der Waals surface area contributed by atoms with Crippen LogP contribution in [0.15, 0.2) is 36.7 Å². The Labute approximate surface area is 218 Å². The summed E-state index contributed by atoms with van der Waals surface area (Å²) in [5, 5.41) is 3.47. The zero-order valence-corrected chi connectivity index (χ0v) is 21.8. The molecular formula is C29H36N6O2. The summed E-state index contributed by atoms with van der Waals surface area (Å²) in [5.74, 6) is 1.82. The number of likely N-dealkylation sites (tertiary alicyclic amines) is 1. The Morgan fingerprint density at radius 3 is 2.14 bits per heavy atom. The van der Waals surface area contributed by atoms with Crippen LogP contribution in [-0.4, -0.2) is 49.6 Å². The van der Waals surface area contributed by atoms with Crippen molar-refractivity contribution >= 4 is 30.4 Å². The minimum absolute atomic E-state index is 0.0801. The Kier molecular flexibility index (Phi) is 7.28. The molecule has 3 N–H and O–H groups in total. The first kappa shape index (κ1) is 25.0. The normalized spacial score (nSPS) is 20.5. The molecule has 1 amide bonds. The van der Waals surface area contributed by atoms with E-state index in [2.05, 4.69) is 67.7 Å². The first-order valence-corrected chi connectivity index (χ1v) is 13.1. The van der Waals surface area contributed by atoms with E-state index in [9.17, 15) is 4.79 Å². The molecule has 3 aromatic rings. The summed E-state index contributed by atoms with van der Waals surface area (Å²) in [7, 11) is 0. The van der Waals surface area contributed by atoms with Crippen LogP contribution in [0.4, 0.5) is 4.79 Å². The van der Waals surface area contributed by atoms with E-state index in [1.165, 1.54) is 6.42 Å². The van der Waals surface area contributed by atoms with E-state index >= 15 is 0 Å². The molecule has 8 heteroatoms. The minimum Gasteiger partial charge on any atom is -0.444 e. The highest BCUT2D eigenvalue weighted by molar-refractivity contribution is 5.72. The van der Waals surface area contributed by atoms with Crippen LogP contribution in [0.25, 0.3) is 24.3 Å². The van der Waals surface area contributed by atoms with Gasteiger partial charge in [-0.3, -0.25) is 4.90 Å². The number of carbonyl (C=O) groups is 1. The van der Waals surface area contributed by atoms with Crippen LogP contribution in [0.2, 0.25) is 0 Å². The second kappa shape index (κ2) is 10.8. The number of amides is 1. The van der Waals surface area contributed by atoms with Crippen LogP contribution in [0, 0.1) is 0 Å². The molecule has 2 aromatic heterocycles. The summed E-state index contributed by atoms with van der Waals surface area (Å²) in [6.45, 7) is 7.41. The van der Waals surface area contributed by atoms with Gasteiger partial charge in [-0.05, 0) is 76.3 Å².